The van der Waals surface area contributed by atoms with E-state index in [1.165, 1.54) is 44.1 Å². The number of para-hydroxylation sites is 1. The number of fused-ring (bicyclic) bond motifs is 7. The molecule has 0 spiro atoms. The van der Waals surface area contributed by atoms with Crippen LogP contribution in [0.15, 0.2) is 140 Å². The third kappa shape index (κ3) is 3.50. The Morgan fingerprint density at radius 3 is 2.14 bits per heavy atom. The summed E-state index contributed by atoms with van der Waals surface area (Å²) >= 11 is 0. The standard InChI is InChI=1S/C41H29N3/c1-41(2)34-21-10-8-18-31(34)39-37(41)32-19-9-11-22-36(32)44(39)40-42-35-24-23-28(30-20-12-16-26-13-6-7-17-29(26)30)25-33(35)38(43-40)27-14-4-3-5-15-27/h3-25H,1-2H3. The minimum atomic E-state index is -0.136. The van der Waals surface area contributed by atoms with Gasteiger partial charge < -0.3 is 0 Å². The van der Waals surface area contributed by atoms with Crippen molar-refractivity contribution in [3.63, 3.8) is 0 Å². The number of rotatable bonds is 3. The lowest BCUT2D eigenvalue weighted by atomic mass is 9.81. The van der Waals surface area contributed by atoms with E-state index < -0.39 is 0 Å². The molecule has 0 atom stereocenters. The number of aromatic nitrogens is 3. The Morgan fingerprint density at radius 2 is 1.25 bits per heavy atom. The molecule has 6 aromatic carbocycles. The van der Waals surface area contributed by atoms with Gasteiger partial charge in [-0.05, 0) is 51.2 Å². The molecule has 3 nitrogen and oxygen atoms in total. The van der Waals surface area contributed by atoms with Crippen LogP contribution in [0.5, 0.6) is 0 Å². The first-order valence-corrected chi connectivity index (χ1v) is 15.2. The van der Waals surface area contributed by atoms with Gasteiger partial charge in [-0.15, -0.1) is 0 Å². The monoisotopic (exact) mass is 563 g/mol. The van der Waals surface area contributed by atoms with E-state index in [9.17, 15) is 0 Å². The van der Waals surface area contributed by atoms with Gasteiger partial charge in [0.15, 0.2) is 0 Å². The summed E-state index contributed by atoms with van der Waals surface area (Å²) < 4.78 is 2.29. The summed E-state index contributed by atoms with van der Waals surface area (Å²) in [7, 11) is 0. The van der Waals surface area contributed by atoms with Crippen molar-refractivity contribution in [1.82, 2.24) is 14.5 Å². The maximum Gasteiger partial charge on any atom is 0.235 e. The molecule has 0 saturated carbocycles. The molecule has 3 heteroatoms. The molecule has 0 bridgehead atoms. The molecular formula is C41H29N3. The van der Waals surface area contributed by atoms with E-state index in [4.69, 9.17) is 9.97 Å². The minimum absolute atomic E-state index is 0.136. The number of benzene rings is 6. The van der Waals surface area contributed by atoms with Crippen LogP contribution in [0, 0.1) is 0 Å². The normalized spacial score (nSPS) is 13.4. The Kier molecular flexibility index (Phi) is 5.24. The lowest BCUT2D eigenvalue weighted by Crippen LogP contribution is -2.14. The lowest BCUT2D eigenvalue weighted by Gasteiger charge is -2.21. The minimum Gasteiger partial charge on any atom is -0.278 e. The smallest absolute Gasteiger partial charge is 0.235 e. The van der Waals surface area contributed by atoms with E-state index in [0.717, 1.165) is 33.2 Å². The molecule has 0 N–H and O–H groups in total. The number of nitrogens with zero attached hydrogens (tertiary/aromatic N) is 3. The van der Waals surface area contributed by atoms with Crippen LogP contribution in [0.25, 0.3) is 72.2 Å². The van der Waals surface area contributed by atoms with E-state index in [2.05, 4.69) is 158 Å². The molecule has 208 valence electrons. The van der Waals surface area contributed by atoms with Gasteiger partial charge in [-0.2, -0.15) is 0 Å². The van der Waals surface area contributed by atoms with Crippen molar-refractivity contribution in [3.05, 3.63) is 151 Å². The summed E-state index contributed by atoms with van der Waals surface area (Å²) in [5, 5.41) is 4.76. The summed E-state index contributed by atoms with van der Waals surface area (Å²) in [6.45, 7) is 4.67. The van der Waals surface area contributed by atoms with Crippen molar-refractivity contribution >= 4 is 32.6 Å². The highest BCUT2D eigenvalue weighted by molar-refractivity contribution is 6.02. The Balaban J connectivity index is 1.35. The molecule has 0 aliphatic heterocycles. The molecule has 8 aromatic rings. The predicted molar refractivity (Wildman–Crippen MR) is 182 cm³/mol. The van der Waals surface area contributed by atoms with Crippen molar-refractivity contribution in [2.45, 2.75) is 19.3 Å². The van der Waals surface area contributed by atoms with Crippen molar-refractivity contribution in [3.8, 4) is 39.6 Å². The van der Waals surface area contributed by atoms with E-state index in [0.29, 0.717) is 5.95 Å². The van der Waals surface area contributed by atoms with Gasteiger partial charge in [0.05, 0.1) is 22.4 Å². The Labute approximate surface area is 256 Å². The topological polar surface area (TPSA) is 30.7 Å². The Hall–Kier alpha value is -5.54. The van der Waals surface area contributed by atoms with E-state index >= 15 is 0 Å². The van der Waals surface area contributed by atoms with Gasteiger partial charge in [-0.25, -0.2) is 9.97 Å². The summed E-state index contributed by atoms with van der Waals surface area (Å²) in [6, 6.07) is 49.7. The van der Waals surface area contributed by atoms with Crippen LogP contribution < -0.4 is 0 Å². The van der Waals surface area contributed by atoms with Crippen LogP contribution in [0.2, 0.25) is 0 Å². The lowest BCUT2D eigenvalue weighted by molar-refractivity contribution is 0.666. The third-order valence-corrected chi connectivity index (χ3v) is 9.39. The molecular weight excluding hydrogens is 534 g/mol. The average Bonchev–Trinajstić information content (AvgIpc) is 3.54. The van der Waals surface area contributed by atoms with Gasteiger partial charge in [0, 0.05) is 27.3 Å². The second kappa shape index (κ2) is 9.23. The zero-order valence-electron chi connectivity index (χ0n) is 24.6. The van der Waals surface area contributed by atoms with Gasteiger partial charge in [0.2, 0.25) is 5.95 Å². The Bertz CT molecular complexity index is 2410. The van der Waals surface area contributed by atoms with E-state index in [1.807, 2.05) is 0 Å². The molecule has 0 radical (unpaired) electrons. The number of hydrogen-bond acceptors (Lipinski definition) is 2. The average molecular weight is 564 g/mol. The number of hydrogen-bond donors (Lipinski definition) is 0. The highest BCUT2D eigenvalue weighted by Gasteiger charge is 2.40. The van der Waals surface area contributed by atoms with Gasteiger partial charge >= 0.3 is 0 Å². The fourth-order valence-corrected chi connectivity index (χ4v) is 7.38. The van der Waals surface area contributed by atoms with E-state index in [-0.39, 0.29) is 5.41 Å². The second-order valence-electron chi connectivity index (χ2n) is 12.2. The Morgan fingerprint density at radius 1 is 0.545 bits per heavy atom. The maximum absolute atomic E-state index is 5.41. The van der Waals surface area contributed by atoms with Crippen LogP contribution in [0.3, 0.4) is 0 Å². The van der Waals surface area contributed by atoms with Crippen LogP contribution in [-0.2, 0) is 5.41 Å². The highest BCUT2D eigenvalue weighted by Crippen LogP contribution is 2.53. The molecule has 2 heterocycles. The van der Waals surface area contributed by atoms with Crippen LogP contribution >= 0.6 is 0 Å². The first kappa shape index (κ1) is 25.0. The molecule has 9 rings (SSSR count). The first-order chi connectivity index (χ1) is 21.6. The van der Waals surface area contributed by atoms with Crippen LogP contribution in [0.4, 0.5) is 0 Å². The van der Waals surface area contributed by atoms with Crippen molar-refractivity contribution in [1.29, 1.82) is 0 Å². The summed E-state index contributed by atoms with van der Waals surface area (Å²) in [5.74, 6) is 0.694. The first-order valence-electron chi connectivity index (χ1n) is 15.2. The second-order valence-corrected chi connectivity index (χ2v) is 12.2. The summed E-state index contributed by atoms with van der Waals surface area (Å²) in [4.78, 5) is 10.7. The molecule has 0 amide bonds. The molecule has 0 unspecified atom stereocenters. The highest BCUT2D eigenvalue weighted by atomic mass is 15.2. The summed E-state index contributed by atoms with van der Waals surface area (Å²) in [5.41, 5.74) is 11.4. The zero-order chi connectivity index (χ0) is 29.4. The molecule has 2 aromatic heterocycles. The van der Waals surface area contributed by atoms with Crippen molar-refractivity contribution in [2.75, 3.05) is 0 Å². The third-order valence-electron chi connectivity index (χ3n) is 9.39. The predicted octanol–water partition coefficient (Wildman–Crippen LogP) is 10.4. The van der Waals surface area contributed by atoms with E-state index in [1.54, 1.807) is 0 Å². The van der Waals surface area contributed by atoms with Gasteiger partial charge in [0.1, 0.15) is 0 Å². The molecule has 1 aliphatic rings. The quantitative estimate of drug-likeness (QED) is 0.214. The molecule has 0 fully saturated rings. The summed E-state index contributed by atoms with van der Waals surface area (Å²) in [6.07, 6.45) is 0. The molecule has 0 saturated heterocycles. The molecule has 1 aliphatic carbocycles. The van der Waals surface area contributed by atoms with Crippen molar-refractivity contribution < 1.29 is 0 Å². The zero-order valence-corrected chi connectivity index (χ0v) is 24.6. The maximum atomic E-state index is 5.41. The van der Waals surface area contributed by atoms with Crippen molar-refractivity contribution in [2.24, 2.45) is 0 Å². The largest absolute Gasteiger partial charge is 0.278 e. The SMILES string of the molecule is CC1(C)c2ccccc2-c2c1c1ccccc1n2-c1nc(-c2ccccc2)c2cc(-c3cccc4ccccc34)ccc2n1. The van der Waals surface area contributed by atoms with Crippen LogP contribution in [0.1, 0.15) is 25.0 Å². The van der Waals surface area contributed by atoms with Crippen LogP contribution in [-0.4, -0.2) is 14.5 Å². The molecule has 44 heavy (non-hydrogen) atoms. The fourth-order valence-electron chi connectivity index (χ4n) is 7.38. The van der Waals surface area contributed by atoms with Gasteiger partial charge in [-0.1, -0.05) is 135 Å². The van der Waals surface area contributed by atoms with Gasteiger partial charge in [0.25, 0.3) is 0 Å². The fraction of sp³-hybridized carbons (Fsp3) is 0.0732. The van der Waals surface area contributed by atoms with Gasteiger partial charge in [-0.3, -0.25) is 4.57 Å².